The van der Waals surface area contributed by atoms with Gasteiger partial charge in [-0.3, -0.25) is 4.79 Å². The Balaban J connectivity index is 2.40. The smallest absolute Gasteiger partial charge is 0.258 e. The van der Waals surface area contributed by atoms with Gasteiger partial charge < -0.3 is 14.8 Å². The Morgan fingerprint density at radius 1 is 1.10 bits per heavy atom. The fraction of sp³-hybridized carbons (Fsp3) is 0.562. The van der Waals surface area contributed by atoms with E-state index >= 15 is 0 Å². The molecular formula is C16H25NO3. The minimum atomic E-state index is -0.196. The summed E-state index contributed by atoms with van der Waals surface area (Å²) < 4.78 is 10.9. The van der Waals surface area contributed by atoms with Crippen LogP contribution in [-0.2, 0) is 4.79 Å². The molecule has 1 aromatic carbocycles. The van der Waals surface area contributed by atoms with Crippen molar-refractivity contribution in [2.75, 3.05) is 13.2 Å². The van der Waals surface area contributed by atoms with Crippen molar-refractivity contribution in [3.8, 4) is 11.5 Å². The lowest BCUT2D eigenvalue weighted by Gasteiger charge is -2.24. The van der Waals surface area contributed by atoms with Crippen molar-refractivity contribution in [1.82, 2.24) is 5.32 Å². The van der Waals surface area contributed by atoms with Gasteiger partial charge >= 0.3 is 0 Å². The lowest BCUT2D eigenvalue weighted by Crippen LogP contribution is -2.44. The summed E-state index contributed by atoms with van der Waals surface area (Å²) in [5, 5.41) is 2.93. The summed E-state index contributed by atoms with van der Waals surface area (Å²) in [6, 6.07) is 7.31. The van der Waals surface area contributed by atoms with Crippen LogP contribution < -0.4 is 14.8 Å². The Kier molecular flexibility index (Phi) is 6.36. The van der Waals surface area contributed by atoms with Crippen molar-refractivity contribution in [2.45, 2.75) is 46.1 Å². The molecule has 0 unspecified atom stereocenters. The van der Waals surface area contributed by atoms with Crippen molar-refractivity contribution in [2.24, 2.45) is 0 Å². The molecule has 1 N–H and O–H groups in total. The summed E-state index contributed by atoms with van der Waals surface area (Å²) in [4.78, 5) is 11.7. The van der Waals surface area contributed by atoms with Gasteiger partial charge in [0.05, 0.1) is 6.61 Å². The second kappa shape index (κ2) is 7.78. The number of rotatable bonds is 8. The summed E-state index contributed by atoms with van der Waals surface area (Å²) in [6.07, 6.45) is 1.86. The molecule has 1 aromatic rings. The van der Waals surface area contributed by atoms with Crippen LogP contribution in [-0.4, -0.2) is 24.7 Å². The summed E-state index contributed by atoms with van der Waals surface area (Å²) in [5.74, 6) is 1.37. The third-order valence-corrected chi connectivity index (χ3v) is 3.03. The minimum Gasteiger partial charge on any atom is -0.494 e. The maximum Gasteiger partial charge on any atom is 0.258 e. The molecular weight excluding hydrogens is 254 g/mol. The molecule has 1 amide bonds. The maximum absolute atomic E-state index is 11.7. The lowest BCUT2D eigenvalue weighted by atomic mass is 10.0. The Morgan fingerprint density at radius 2 is 1.65 bits per heavy atom. The molecule has 0 aliphatic heterocycles. The van der Waals surface area contributed by atoms with Gasteiger partial charge in [0.1, 0.15) is 11.5 Å². The second-order valence-electron chi connectivity index (χ2n) is 5.39. The number of benzene rings is 1. The van der Waals surface area contributed by atoms with Gasteiger partial charge in [-0.05, 0) is 51.0 Å². The number of carbonyl (C=O) groups is 1. The standard InChI is InChI=1S/C16H25NO3/c1-5-11-19-13-7-9-14(10-8-13)20-12-15(18)17-16(3,4)6-2/h7-10H,5-6,11-12H2,1-4H3,(H,17,18). The van der Waals surface area contributed by atoms with Gasteiger partial charge in [-0.1, -0.05) is 13.8 Å². The van der Waals surface area contributed by atoms with E-state index in [-0.39, 0.29) is 18.1 Å². The van der Waals surface area contributed by atoms with Gasteiger partial charge in [0.25, 0.3) is 5.91 Å². The van der Waals surface area contributed by atoms with E-state index in [4.69, 9.17) is 9.47 Å². The van der Waals surface area contributed by atoms with Crippen LogP contribution in [0.3, 0.4) is 0 Å². The second-order valence-corrected chi connectivity index (χ2v) is 5.39. The molecule has 0 bridgehead atoms. The first-order valence-corrected chi connectivity index (χ1v) is 7.13. The van der Waals surface area contributed by atoms with Gasteiger partial charge in [-0.15, -0.1) is 0 Å². The first-order valence-electron chi connectivity index (χ1n) is 7.13. The van der Waals surface area contributed by atoms with E-state index in [0.717, 1.165) is 18.6 Å². The molecule has 112 valence electrons. The molecule has 0 radical (unpaired) electrons. The zero-order valence-corrected chi connectivity index (χ0v) is 12.9. The number of ether oxygens (including phenoxy) is 2. The summed E-state index contributed by atoms with van der Waals surface area (Å²) >= 11 is 0. The van der Waals surface area contributed by atoms with E-state index in [1.54, 1.807) is 0 Å². The molecule has 0 aliphatic rings. The average Bonchev–Trinajstić information content (AvgIpc) is 2.43. The molecule has 1 rings (SSSR count). The van der Waals surface area contributed by atoms with Crippen LogP contribution in [0.15, 0.2) is 24.3 Å². The first-order chi connectivity index (χ1) is 9.46. The SMILES string of the molecule is CCCOc1ccc(OCC(=O)NC(C)(C)CC)cc1. The van der Waals surface area contributed by atoms with E-state index in [1.807, 2.05) is 45.0 Å². The number of carbonyl (C=O) groups excluding carboxylic acids is 1. The molecule has 0 saturated carbocycles. The van der Waals surface area contributed by atoms with Gasteiger partial charge in [0.2, 0.25) is 0 Å². The molecule has 0 fully saturated rings. The van der Waals surface area contributed by atoms with E-state index in [1.165, 1.54) is 0 Å². The van der Waals surface area contributed by atoms with Crippen molar-refractivity contribution in [3.63, 3.8) is 0 Å². The van der Waals surface area contributed by atoms with Crippen LogP contribution in [0.5, 0.6) is 11.5 Å². The van der Waals surface area contributed by atoms with E-state index in [0.29, 0.717) is 12.4 Å². The molecule has 4 nitrogen and oxygen atoms in total. The topological polar surface area (TPSA) is 47.6 Å². The average molecular weight is 279 g/mol. The number of hydrogen-bond donors (Lipinski definition) is 1. The number of hydrogen-bond acceptors (Lipinski definition) is 3. The molecule has 20 heavy (non-hydrogen) atoms. The predicted octanol–water partition coefficient (Wildman–Crippen LogP) is 3.16. The van der Waals surface area contributed by atoms with Crippen LogP contribution in [0.1, 0.15) is 40.5 Å². The van der Waals surface area contributed by atoms with E-state index < -0.39 is 0 Å². The molecule has 0 heterocycles. The molecule has 0 saturated heterocycles. The third kappa shape index (κ3) is 5.95. The maximum atomic E-state index is 11.7. The van der Waals surface area contributed by atoms with Crippen LogP contribution in [0.4, 0.5) is 0 Å². The first kappa shape index (κ1) is 16.3. The highest BCUT2D eigenvalue weighted by Crippen LogP contribution is 2.17. The van der Waals surface area contributed by atoms with E-state index in [2.05, 4.69) is 12.2 Å². The van der Waals surface area contributed by atoms with Crippen LogP contribution in [0.25, 0.3) is 0 Å². The largest absolute Gasteiger partial charge is 0.494 e. The predicted molar refractivity (Wildman–Crippen MR) is 80.2 cm³/mol. The van der Waals surface area contributed by atoms with E-state index in [9.17, 15) is 4.79 Å². The van der Waals surface area contributed by atoms with Gasteiger partial charge in [-0.25, -0.2) is 0 Å². The van der Waals surface area contributed by atoms with Crippen LogP contribution in [0.2, 0.25) is 0 Å². The summed E-state index contributed by atoms with van der Waals surface area (Å²) in [7, 11) is 0. The molecule has 4 heteroatoms. The van der Waals surface area contributed by atoms with Gasteiger partial charge in [-0.2, -0.15) is 0 Å². The Labute approximate surface area is 121 Å². The molecule has 0 spiro atoms. The number of amides is 1. The van der Waals surface area contributed by atoms with Crippen molar-refractivity contribution in [1.29, 1.82) is 0 Å². The normalized spacial score (nSPS) is 11.0. The zero-order valence-electron chi connectivity index (χ0n) is 12.9. The van der Waals surface area contributed by atoms with Crippen molar-refractivity contribution < 1.29 is 14.3 Å². The van der Waals surface area contributed by atoms with Crippen molar-refractivity contribution >= 4 is 5.91 Å². The highest BCUT2D eigenvalue weighted by Gasteiger charge is 2.17. The quantitative estimate of drug-likeness (QED) is 0.795. The van der Waals surface area contributed by atoms with Gasteiger partial charge in [0.15, 0.2) is 6.61 Å². The summed E-state index contributed by atoms with van der Waals surface area (Å²) in [6.45, 7) is 8.81. The monoisotopic (exact) mass is 279 g/mol. The lowest BCUT2D eigenvalue weighted by molar-refractivity contribution is -0.124. The fourth-order valence-electron chi connectivity index (χ4n) is 1.50. The van der Waals surface area contributed by atoms with Crippen LogP contribution >= 0.6 is 0 Å². The molecule has 0 atom stereocenters. The van der Waals surface area contributed by atoms with Gasteiger partial charge in [0, 0.05) is 5.54 Å². The molecule has 0 aliphatic carbocycles. The highest BCUT2D eigenvalue weighted by molar-refractivity contribution is 5.78. The Morgan fingerprint density at radius 3 is 2.15 bits per heavy atom. The fourth-order valence-corrected chi connectivity index (χ4v) is 1.50. The zero-order chi connectivity index (χ0) is 15.0. The third-order valence-electron chi connectivity index (χ3n) is 3.03. The Bertz CT molecular complexity index is 412. The minimum absolute atomic E-state index is 0.0264. The van der Waals surface area contributed by atoms with Crippen molar-refractivity contribution in [3.05, 3.63) is 24.3 Å². The number of nitrogens with one attached hydrogen (secondary N) is 1. The molecule has 0 aromatic heterocycles. The summed E-state index contributed by atoms with van der Waals surface area (Å²) in [5.41, 5.74) is -0.196. The van der Waals surface area contributed by atoms with Crippen LogP contribution in [0, 0.1) is 0 Å². The highest BCUT2D eigenvalue weighted by atomic mass is 16.5. The Hall–Kier alpha value is -1.71.